The van der Waals surface area contributed by atoms with Crippen LogP contribution in [0.4, 0.5) is 4.79 Å². The minimum atomic E-state index is -0.758. The van der Waals surface area contributed by atoms with Crippen molar-refractivity contribution in [3.8, 4) is 17.1 Å². The number of hydrogen-bond donors (Lipinski definition) is 1. The van der Waals surface area contributed by atoms with Crippen LogP contribution in [0.1, 0.15) is 62.8 Å². The molecule has 206 valence electrons. The minimum Gasteiger partial charge on any atom is -0.489 e. The number of rotatable bonds is 9. The first kappa shape index (κ1) is 28.3. The summed E-state index contributed by atoms with van der Waals surface area (Å²) in [4.78, 5) is 30.7. The van der Waals surface area contributed by atoms with Crippen molar-refractivity contribution in [2.24, 2.45) is 24.8 Å². The van der Waals surface area contributed by atoms with Crippen LogP contribution < -0.4 is 4.74 Å². The van der Waals surface area contributed by atoms with Crippen molar-refractivity contribution in [3.63, 3.8) is 0 Å². The Bertz CT molecular complexity index is 1140. The van der Waals surface area contributed by atoms with Crippen LogP contribution in [0.2, 0.25) is 0 Å². The molecule has 3 aliphatic rings. The van der Waals surface area contributed by atoms with E-state index in [9.17, 15) is 14.7 Å². The van der Waals surface area contributed by atoms with E-state index in [2.05, 4.69) is 37.7 Å². The van der Waals surface area contributed by atoms with Crippen LogP contribution in [-0.2, 0) is 45.6 Å². The second-order valence-corrected chi connectivity index (χ2v) is 10.6. The zero-order valence-corrected chi connectivity index (χ0v) is 23.7. The lowest BCUT2D eigenvalue weighted by atomic mass is 9.87. The fourth-order valence-corrected chi connectivity index (χ4v) is 5.44. The van der Waals surface area contributed by atoms with Gasteiger partial charge in [-0.15, -0.1) is 5.10 Å². The van der Waals surface area contributed by atoms with E-state index in [4.69, 9.17) is 9.47 Å². The summed E-state index contributed by atoms with van der Waals surface area (Å²) in [6, 6.07) is 3.95. The summed E-state index contributed by atoms with van der Waals surface area (Å²) >= 11 is 7.33. The molecule has 38 heavy (non-hydrogen) atoms. The summed E-state index contributed by atoms with van der Waals surface area (Å²) in [7, 11) is 3.62. The molecule has 0 aliphatic heterocycles. The van der Waals surface area contributed by atoms with Gasteiger partial charge >= 0.3 is 12.1 Å². The zero-order valence-electron chi connectivity index (χ0n) is 22.0. The summed E-state index contributed by atoms with van der Waals surface area (Å²) in [5.41, 5.74) is 2.54. The molecule has 1 amide bonds. The van der Waals surface area contributed by atoms with Gasteiger partial charge in [0.2, 0.25) is 0 Å². The molecule has 2 heterocycles. The first-order valence-corrected chi connectivity index (χ1v) is 14.5. The fourth-order valence-electron chi connectivity index (χ4n) is 5.44. The average Bonchev–Trinajstić information content (AvgIpc) is 3.86. The van der Waals surface area contributed by atoms with Crippen molar-refractivity contribution in [2.45, 2.75) is 77.0 Å². The van der Waals surface area contributed by atoms with E-state index in [-0.39, 0.29) is 30.8 Å². The van der Waals surface area contributed by atoms with Crippen molar-refractivity contribution in [2.75, 3.05) is 7.05 Å². The van der Waals surface area contributed by atoms with Gasteiger partial charge in [0, 0.05) is 42.5 Å². The molecule has 10 nitrogen and oxygen atoms in total. The van der Waals surface area contributed by atoms with Crippen LogP contribution in [0.15, 0.2) is 12.1 Å². The minimum absolute atomic E-state index is 0.0572. The van der Waals surface area contributed by atoms with Crippen LogP contribution in [0, 0.1) is 24.7 Å². The molecule has 3 fully saturated rings. The Labute approximate surface area is 232 Å². The average molecular weight is 562 g/mol. The Kier molecular flexibility index (Phi) is 9.24. The smallest absolute Gasteiger partial charge is 0.410 e. The molecule has 0 bridgehead atoms. The van der Waals surface area contributed by atoms with Gasteiger partial charge in [-0.2, -0.15) is 0 Å². The van der Waals surface area contributed by atoms with Gasteiger partial charge in [-0.3, -0.25) is 4.79 Å². The fraction of sp³-hybridized carbons (Fsp3) is 0.654. The zero-order chi connectivity index (χ0) is 27.4. The largest absolute Gasteiger partial charge is 0.489 e. The maximum Gasteiger partial charge on any atom is 0.410 e. The van der Waals surface area contributed by atoms with Crippen LogP contribution in [0.3, 0.4) is 0 Å². The van der Waals surface area contributed by atoms with Crippen LogP contribution in [0.25, 0.3) is 11.4 Å². The van der Waals surface area contributed by atoms with Gasteiger partial charge in [-0.1, -0.05) is 5.21 Å². The van der Waals surface area contributed by atoms with Crippen molar-refractivity contribution >= 4 is 34.4 Å². The maximum absolute atomic E-state index is 12.8. The summed E-state index contributed by atoms with van der Waals surface area (Å²) in [6.45, 7) is 1.92. The Morgan fingerprint density at radius 3 is 2.45 bits per heavy atom. The van der Waals surface area contributed by atoms with Gasteiger partial charge in [-0.25, -0.2) is 14.5 Å². The molecule has 12 heteroatoms. The van der Waals surface area contributed by atoms with Gasteiger partial charge in [0.25, 0.3) is 0 Å². The first-order valence-electron chi connectivity index (χ1n) is 13.1. The van der Waals surface area contributed by atoms with Gasteiger partial charge in [0.1, 0.15) is 23.7 Å². The second kappa shape index (κ2) is 12.4. The monoisotopic (exact) mass is 561 g/mol. The molecule has 0 unspecified atom stereocenters. The van der Waals surface area contributed by atoms with Crippen LogP contribution in [-0.4, -0.2) is 61.2 Å². The van der Waals surface area contributed by atoms with Gasteiger partial charge in [0.05, 0.1) is 23.4 Å². The molecule has 0 saturated heterocycles. The van der Waals surface area contributed by atoms with Crippen molar-refractivity contribution in [1.82, 2.24) is 24.9 Å². The molecule has 2 aromatic rings. The van der Waals surface area contributed by atoms with Gasteiger partial charge in [-0.05, 0) is 82.3 Å². The summed E-state index contributed by atoms with van der Waals surface area (Å²) in [5.74, 6) is 0.746. The highest BCUT2D eigenvalue weighted by Crippen LogP contribution is 2.47. The van der Waals surface area contributed by atoms with E-state index < -0.39 is 5.97 Å². The number of carboxylic acids is 1. The molecule has 2 atom stereocenters. The summed E-state index contributed by atoms with van der Waals surface area (Å²) in [5, 5.41) is 17.7. The van der Waals surface area contributed by atoms with E-state index in [0.29, 0.717) is 53.2 Å². The van der Waals surface area contributed by atoms with E-state index in [1.165, 1.54) is 25.7 Å². The van der Waals surface area contributed by atoms with Crippen LogP contribution >= 0.6 is 0 Å². The number of carbonyl (C=O) groups excluding carboxylic acids is 1. The van der Waals surface area contributed by atoms with Crippen LogP contribution in [0.5, 0.6) is 5.75 Å². The number of aryl methyl sites for hydroxylation is 2. The predicted molar refractivity (Wildman–Crippen MR) is 145 cm³/mol. The number of carbonyl (C=O) groups is 2. The lowest BCUT2D eigenvalue weighted by Crippen LogP contribution is -2.40. The molecule has 1 N–H and O–H groups in total. The third-order valence-corrected chi connectivity index (χ3v) is 7.77. The molecule has 3 saturated carbocycles. The van der Waals surface area contributed by atoms with Crippen molar-refractivity contribution < 1.29 is 24.2 Å². The second-order valence-electron chi connectivity index (χ2n) is 10.6. The standard InChI is InChI=1S/C26H35N5O5.S2/c1-15-22(36-19-6-4-5-18(13-19)25(32)33)12-11-20(27-15)23-21(31(3)29-28-23)14-35-26(34)30(2)24(16-7-8-16)17-9-10-17;1-2/h11-12,16-19,24H,4-10,13-14H2,1-3H3,(H,32,33);/t18-,19-;/m0./s1. The highest BCUT2D eigenvalue weighted by Gasteiger charge is 2.45. The molecule has 2 aromatic heterocycles. The lowest BCUT2D eigenvalue weighted by molar-refractivity contribution is -0.143. The quantitative estimate of drug-likeness (QED) is 0.482. The summed E-state index contributed by atoms with van der Waals surface area (Å²) in [6.07, 6.45) is 7.21. The number of carboxylic acid groups (broad SMARTS) is 1. The van der Waals surface area contributed by atoms with Crippen molar-refractivity contribution in [3.05, 3.63) is 23.5 Å². The number of ether oxygens (including phenoxy) is 2. The Hall–Kier alpha value is -2.73. The highest BCUT2D eigenvalue weighted by atomic mass is 32.8. The third-order valence-electron chi connectivity index (χ3n) is 7.77. The number of aromatic nitrogens is 4. The molecule has 0 aromatic carbocycles. The van der Waals surface area contributed by atoms with E-state index >= 15 is 0 Å². The van der Waals surface area contributed by atoms with Gasteiger partial charge in [0.15, 0.2) is 0 Å². The molecule has 0 spiro atoms. The molecule has 0 radical (unpaired) electrons. The topological polar surface area (TPSA) is 120 Å². The number of aliphatic carboxylic acids is 1. The predicted octanol–water partition coefficient (Wildman–Crippen LogP) is 3.96. The summed E-state index contributed by atoms with van der Waals surface area (Å²) < 4.78 is 13.4. The third kappa shape index (κ3) is 6.63. The van der Waals surface area contributed by atoms with Crippen molar-refractivity contribution in [1.29, 1.82) is 0 Å². The van der Waals surface area contributed by atoms with E-state index in [1.807, 2.05) is 26.1 Å². The molecular weight excluding hydrogens is 526 g/mol. The maximum atomic E-state index is 12.8. The molecule has 3 aliphatic carbocycles. The number of nitrogens with zero attached hydrogens (tertiary/aromatic N) is 5. The normalized spacial score (nSPS) is 20.8. The molecule has 5 rings (SSSR count). The van der Waals surface area contributed by atoms with E-state index in [1.54, 1.807) is 16.6 Å². The first-order chi connectivity index (χ1) is 18.3. The number of amides is 1. The number of hydrogen-bond acceptors (Lipinski definition) is 9. The van der Waals surface area contributed by atoms with Gasteiger partial charge < -0.3 is 19.5 Å². The van der Waals surface area contributed by atoms with E-state index in [0.717, 1.165) is 12.8 Å². The lowest BCUT2D eigenvalue weighted by Gasteiger charge is -2.27. The Morgan fingerprint density at radius 1 is 1.16 bits per heavy atom. The number of pyridine rings is 1. The molecular formula is C26H35N5O5S2. The highest BCUT2D eigenvalue weighted by molar-refractivity contribution is 8.07. The Morgan fingerprint density at radius 2 is 1.84 bits per heavy atom. The SMILES string of the molecule is Cc1nc(-c2nnn(C)c2COC(=O)N(C)C(C2CC2)C2CC2)ccc1O[C@H]1CCC[C@H](C(=O)O)C1.S=S. The Balaban J connectivity index is 0.00000164.